The Morgan fingerprint density at radius 2 is 1.80 bits per heavy atom. The molecular weight excluding hydrogens is 542 g/mol. The minimum absolute atomic E-state index is 0.211. The molecule has 3 heterocycles. The van der Waals surface area contributed by atoms with Crippen molar-refractivity contribution in [1.82, 2.24) is 15.0 Å². The molecule has 1 aliphatic rings. The van der Waals surface area contributed by atoms with Gasteiger partial charge in [0.1, 0.15) is 10.3 Å². The Labute approximate surface area is 235 Å². The number of amides is 1. The average molecular weight is 566 g/mol. The van der Waals surface area contributed by atoms with Crippen LogP contribution in [0.5, 0.6) is 0 Å². The van der Waals surface area contributed by atoms with Crippen LogP contribution in [0, 0.1) is 18.3 Å². The van der Waals surface area contributed by atoms with E-state index in [0.717, 1.165) is 40.9 Å². The zero-order valence-electron chi connectivity index (χ0n) is 21.7. The number of anilines is 1. The molecule has 0 unspecified atom stereocenters. The topological polar surface area (TPSA) is 126 Å². The highest BCUT2D eigenvalue weighted by Gasteiger charge is 2.29. The number of aryl methyl sites for hydroxylation is 1. The lowest BCUT2D eigenvalue weighted by Crippen LogP contribution is -2.14. The highest BCUT2D eigenvalue weighted by Crippen LogP contribution is 2.45. The Kier molecular flexibility index (Phi) is 6.41. The fraction of sp³-hybridized carbons (Fsp3) is 0.167. The molecule has 10 heteroatoms. The smallest absolute Gasteiger partial charge is 0.259 e. The number of nitrogens with one attached hydrogen (secondary N) is 1. The Morgan fingerprint density at radius 3 is 2.50 bits per heavy atom. The van der Waals surface area contributed by atoms with E-state index in [1.54, 1.807) is 24.3 Å². The number of carbonyl (C=O) groups is 1. The molecule has 1 aliphatic carbocycles. The molecule has 0 atom stereocenters. The highest BCUT2D eigenvalue weighted by molar-refractivity contribution is 7.90. The van der Waals surface area contributed by atoms with Gasteiger partial charge in [0.2, 0.25) is 0 Å². The maximum Gasteiger partial charge on any atom is 0.259 e. The van der Waals surface area contributed by atoms with Gasteiger partial charge in [-0.1, -0.05) is 29.5 Å². The van der Waals surface area contributed by atoms with Gasteiger partial charge in [-0.15, -0.1) is 0 Å². The summed E-state index contributed by atoms with van der Waals surface area (Å²) < 4.78 is 24.7. The van der Waals surface area contributed by atoms with Gasteiger partial charge in [0.05, 0.1) is 27.8 Å². The molecule has 1 fully saturated rings. The molecule has 3 aromatic heterocycles. The van der Waals surface area contributed by atoms with Crippen LogP contribution in [-0.4, -0.2) is 35.5 Å². The number of thiazole rings is 1. The molecule has 6 rings (SSSR count). The van der Waals surface area contributed by atoms with Crippen molar-refractivity contribution in [3.63, 3.8) is 0 Å². The van der Waals surface area contributed by atoms with Crippen molar-refractivity contribution in [3.8, 4) is 28.5 Å². The van der Waals surface area contributed by atoms with E-state index in [1.165, 1.54) is 23.8 Å². The summed E-state index contributed by atoms with van der Waals surface area (Å²) in [4.78, 5) is 28.1. The quantitative estimate of drug-likeness (QED) is 0.262. The summed E-state index contributed by atoms with van der Waals surface area (Å²) in [5.74, 6) is -0.0472. The third-order valence-corrected chi connectivity index (χ3v) is 8.82. The van der Waals surface area contributed by atoms with E-state index in [1.807, 2.05) is 43.3 Å². The van der Waals surface area contributed by atoms with E-state index in [2.05, 4.69) is 21.4 Å². The van der Waals surface area contributed by atoms with Crippen molar-refractivity contribution >= 4 is 42.6 Å². The number of nitrogens with zero attached hydrogens (tertiary/aromatic N) is 4. The van der Waals surface area contributed by atoms with Gasteiger partial charge in [0, 0.05) is 23.7 Å². The fourth-order valence-corrected chi connectivity index (χ4v) is 6.10. The number of pyridine rings is 2. The van der Waals surface area contributed by atoms with Crippen molar-refractivity contribution in [3.05, 3.63) is 89.2 Å². The van der Waals surface area contributed by atoms with Crippen LogP contribution in [0.25, 0.3) is 32.7 Å². The third kappa shape index (κ3) is 5.09. The first-order chi connectivity index (χ1) is 19.2. The lowest BCUT2D eigenvalue weighted by Gasteiger charge is -2.15. The normalized spacial score (nSPS) is 13.2. The summed E-state index contributed by atoms with van der Waals surface area (Å²) in [5.41, 5.74) is 6.30. The summed E-state index contributed by atoms with van der Waals surface area (Å²) in [6.45, 7) is 1.84. The van der Waals surface area contributed by atoms with Crippen LogP contribution < -0.4 is 5.32 Å². The monoisotopic (exact) mass is 565 g/mol. The van der Waals surface area contributed by atoms with E-state index in [0.29, 0.717) is 38.1 Å². The first kappa shape index (κ1) is 25.8. The molecule has 1 saturated carbocycles. The van der Waals surface area contributed by atoms with Gasteiger partial charge in [-0.25, -0.2) is 18.4 Å². The van der Waals surface area contributed by atoms with Gasteiger partial charge in [0.15, 0.2) is 15.0 Å². The lowest BCUT2D eigenvalue weighted by atomic mass is 9.93. The van der Waals surface area contributed by atoms with E-state index < -0.39 is 9.84 Å². The van der Waals surface area contributed by atoms with Crippen LogP contribution in [0.4, 0.5) is 5.13 Å². The summed E-state index contributed by atoms with van der Waals surface area (Å²) in [6, 6.07) is 20.0. The summed E-state index contributed by atoms with van der Waals surface area (Å²) >= 11 is 1.26. The minimum atomic E-state index is -3.43. The van der Waals surface area contributed by atoms with Gasteiger partial charge in [-0.2, -0.15) is 5.26 Å². The second-order valence-corrected chi connectivity index (χ2v) is 12.8. The van der Waals surface area contributed by atoms with Crippen LogP contribution >= 0.6 is 11.3 Å². The number of hydrogen-bond donors (Lipinski definition) is 1. The summed E-state index contributed by atoms with van der Waals surface area (Å²) in [6.07, 6.45) is 4.76. The zero-order valence-corrected chi connectivity index (χ0v) is 23.3. The number of fused-ring (bicyclic) bond motifs is 1. The molecule has 40 heavy (non-hydrogen) atoms. The van der Waals surface area contributed by atoms with E-state index in [4.69, 9.17) is 10.2 Å². The lowest BCUT2D eigenvalue weighted by molar-refractivity contribution is 0.102. The minimum Gasteiger partial charge on any atom is -0.298 e. The molecule has 0 saturated heterocycles. The Hall–Kier alpha value is -4.46. The number of nitriles is 1. The first-order valence-corrected chi connectivity index (χ1v) is 15.3. The van der Waals surface area contributed by atoms with Crippen molar-refractivity contribution in [2.75, 3.05) is 11.6 Å². The zero-order chi connectivity index (χ0) is 28.0. The van der Waals surface area contributed by atoms with E-state index in [-0.39, 0.29) is 10.8 Å². The van der Waals surface area contributed by atoms with Crippen LogP contribution in [0.3, 0.4) is 0 Å². The summed E-state index contributed by atoms with van der Waals surface area (Å²) in [5, 5.41) is 12.3. The van der Waals surface area contributed by atoms with Crippen molar-refractivity contribution in [2.45, 2.75) is 30.6 Å². The summed E-state index contributed by atoms with van der Waals surface area (Å²) in [7, 11) is -3.43. The predicted octanol–water partition coefficient (Wildman–Crippen LogP) is 6.13. The number of hydrogen-bond acceptors (Lipinski definition) is 8. The molecule has 1 amide bonds. The molecule has 0 radical (unpaired) electrons. The maximum absolute atomic E-state index is 13.6. The average Bonchev–Trinajstić information content (AvgIpc) is 3.71. The molecule has 0 aliphatic heterocycles. The Bertz CT molecular complexity index is 1950. The molecule has 8 nitrogen and oxygen atoms in total. The largest absolute Gasteiger partial charge is 0.298 e. The van der Waals surface area contributed by atoms with Crippen molar-refractivity contribution < 1.29 is 13.2 Å². The number of rotatable bonds is 6. The molecule has 2 aromatic carbocycles. The molecular formula is C30H23N5O3S2. The number of carbonyl (C=O) groups excluding carboxylic acids is 1. The molecule has 0 bridgehead atoms. The van der Waals surface area contributed by atoms with Crippen molar-refractivity contribution in [1.29, 1.82) is 5.26 Å². The van der Waals surface area contributed by atoms with Crippen LogP contribution in [-0.2, 0) is 9.84 Å². The van der Waals surface area contributed by atoms with Gasteiger partial charge in [0.25, 0.3) is 5.91 Å². The second-order valence-electron chi connectivity index (χ2n) is 9.85. The molecule has 198 valence electrons. The highest BCUT2D eigenvalue weighted by atomic mass is 32.2. The fourth-order valence-electron chi connectivity index (χ4n) is 4.62. The van der Waals surface area contributed by atoms with E-state index >= 15 is 0 Å². The maximum atomic E-state index is 13.6. The van der Waals surface area contributed by atoms with Crippen LogP contribution in [0.15, 0.2) is 71.8 Å². The first-order valence-electron chi connectivity index (χ1n) is 12.6. The Morgan fingerprint density at radius 1 is 1.02 bits per heavy atom. The number of benzene rings is 2. The van der Waals surface area contributed by atoms with Crippen molar-refractivity contribution in [2.24, 2.45) is 0 Å². The predicted molar refractivity (Wildman–Crippen MR) is 155 cm³/mol. The second kappa shape index (κ2) is 9.93. The molecule has 1 N–H and O–H groups in total. The van der Waals surface area contributed by atoms with Gasteiger partial charge < -0.3 is 0 Å². The van der Waals surface area contributed by atoms with Gasteiger partial charge >= 0.3 is 0 Å². The number of sulfone groups is 1. The molecule has 5 aromatic rings. The number of aromatic nitrogens is 3. The van der Waals surface area contributed by atoms with E-state index in [9.17, 15) is 13.2 Å². The molecule has 0 spiro atoms. The van der Waals surface area contributed by atoms with Crippen LogP contribution in [0.2, 0.25) is 0 Å². The Balaban J connectivity index is 1.35. The standard InChI is InChI=1S/C30H23N5O3S2/c1-17-13-23(24-14-21(40(2,37)38)9-10-22(24)19-7-8-19)25(16-32-17)28(36)35-30-34-27-12-11-26(33-29(27)39-30)20-5-3-18(15-31)4-6-20/h3-6,9-14,16,19H,7-8H2,1-2H3,(H,34,35,36). The van der Waals surface area contributed by atoms with Crippen LogP contribution in [0.1, 0.15) is 45.9 Å². The van der Waals surface area contributed by atoms with Gasteiger partial charge in [-0.3, -0.25) is 15.1 Å². The SMILES string of the molecule is Cc1cc(-c2cc(S(C)(=O)=O)ccc2C2CC2)c(C(=O)Nc2nc3ccc(-c4ccc(C#N)cc4)nc3s2)cn1. The van der Waals surface area contributed by atoms with Gasteiger partial charge in [-0.05, 0) is 84.8 Å². The third-order valence-electron chi connectivity index (χ3n) is 6.83.